The lowest BCUT2D eigenvalue weighted by atomic mass is 10.1. The normalized spacial score (nSPS) is 11.3. The first-order valence-corrected chi connectivity index (χ1v) is 6.55. The number of carbonyl (C=O) groups is 2. The summed E-state index contributed by atoms with van der Waals surface area (Å²) in [5, 5.41) is 14.5. The summed E-state index contributed by atoms with van der Waals surface area (Å²) in [5.74, 6) is -0.678. The molecule has 0 rings (SSSR count). The van der Waals surface area contributed by atoms with Gasteiger partial charge in [0.05, 0.1) is 0 Å². The maximum absolute atomic E-state index is 11.5. The summed E-state index contributed by atoms with van der Waals surface area (Å²) in [4.78, 5) is 21.7. The van der Waals surface area contributed by atoms with Crippen LogP contribution >= 0.6 is 0 Å². The smallest absolute Gasteiger partial charge is 0.303 e. The summed E-state index contributed by atoms with van der Waals surface area (Å²) in [7, 11) is 0. The Morgan fingerprint density at radius 1 is 1.00 bits per heavy atom. The molecule has 0 bridgehead atoms. The lowest BCUT2D eigenvalue weighted by Gasteiger charge is -2.20. The molecule has 5 heteroatoms. The van der Waals surface area contributed by atoms with Crippen LogP contribution < -0.4 is 10.6 Å². The van der Waals surface area contributed by atoms with Gasteiger partial charge in [0.15, 0.2) is 0 Å². The summed E-state index contributed by atoms with van der Waals surface area (Å²) in [6.07, 6.45) is 3.31. The predicted molar refractivity (Wildman–Crippen MR) is 71.5 cm³/mol. The molecular weight excluding hydrogens is 232 g/mol. The number of amides is 1. The van der Waals surface area contributed by atoms with Crippen LogP contribution in [0.15, 0.2) is 0 Å². The minimum absolute atomic E-state index is 0.0564. The topological polar surface area (TPSA) is 78.4 Å². The Labute approximate surface area is 109 Å². The molecule has 0 aromatic heterocycles. The van der Waals surface area contributed by atoms with Crippen molar-refractivity contribution in [3.63, 3.8) is 0 Å². The van der Waals surface area contributed by atoms with Gasteiger partial charge in [-0.05, 0) is 40.2 Å². The molecule has 0 heterocycles. The van der Waals surface area contributed by atoms with Crippen LogP contribution in [0.4, 0.5) is 0 Å². The van der Waals surface area contributed by atoms with E-state index in [9.17, 15) is 9.59 Å². The second kappa shape index (κ2) is 8.91. The Balaban J connectivity index is 3.30. The molecule has 0 saturated heterocycles. The van der Waals surface area contributed by atoms with Crippen molar-refractivity contribution in [1.29, 1.82) is 0 Å². The number of aliphatic carboxylic acids is 1. The summed E-state index contributed by atoms with van der Waals surface area (Å²) < 4.78 is 0. The van der Waals surface area contributed by atoms with E-state index < -0.39 is 5.97 Å². The van der Waals surface area contributed by atoms with Crippen LogP contribution in [0, 0.1) is 0 Å². The second-order valence-corrected chi connectivity index (χ2v) is 5.50. The van der Waals surface area contributed by atoms with Crippen LogP contribution in [0.3, 0.4) is 0 Å². The first-order valence-electron chi connectivity index (χ1n) is 6.55. The first kappa shape index (κ1) is 16.9. The zero-order valence-corrected chi connectivity index (χ0v) is 11.7. The van der Waals surface area contributed by atoms with Gasteiger partial charge in [-0.1, -0.05) is 6.42 Å². The van der Waals surface area contributed by atoms with Gasteiger partial charge < -0.3 is 15.7 Å². The largest absolute Gasteiger partial charge is 0.481 e. The number of hydrogen-bond donors (Lipinski definition) is 3. The number of unbranched alkanes of at least 4 members (excludes halogenated alkanes) is 2. The van der Waals surface area contributed by atoms with Crippen molar-refractivity contribution in [3.05, 3.63) is 0 Å². The van der Waals surface area contributed by atoms with Gasteiger partial charge in [0.1, 0.15) is 0 Å². The highest BCUT2D eigenvalue weighted by Crippen LogP contribution is 1.99. The van der Waals surface area contributed by atoms with Crippen LogP contribution in [0.25, 0.3) is 0 Å². The molecule has 0 saturated carbocycles. The zero-order valence-electron chi connectivity index (χ0n) is 11.7. The van der Waals surface area contributed by atoms with Gasteiger partial charge in [-0.3, -0.25) is 9.59 Å². The fraction of sp³-hybridized carbons (Fsp3) is 0.846. The van der Waals surface area contributed by atoms with E-state index in [-0.39, 0.29) is 17.9 Å². The molecule has 0 atom stereocenters. The van der Waals surface area contributed by atoms with Gasteiger partial charge in [-0.15, -0.1) is 0 Å². The fourth-order valence-corrected chi connectivity index (χ4v) is 1.51. The fourth-order valence-electron chi connectivity index (χ4n) is 1.51. The van der Waals surface area contributed by atoms with Gasteiger partial charge in [0, 0.05) is 24.9 Å². The summed E-state index contributed by atoms with van der Waals surface area (Å²) in [6.45, 7) is 7.38. The molecule has 106 valence electrons. The number of rotatable bonds is 9. The van der Waals surface area contributed by atoms with E-state index in [0.29, 0.717) is 13.0 Å². The van der Waals surface area contributed by atoms with Gasteiger partial charge in [0.2, 0.25) is 5.91 Å². The van der Waals surface area contributed by atoms with Crippen LogP contribution in [-0.2, 0) is 9.59 Å². The maximum atomic E-state index is 11.5. The quantitative estimate of drug-likeness (QED) is 0.548. The van der Waals surface area contributed by atoms with Crippen molar-refractivity contribution in [2.24, 2.45) is 0 Å². The molecule has 0 spiro atoms. The molecule has 18 heavy (non-hydrogen) atoms. The molecule has 3 N–H and O–H groups in total. The van der Waals surface area contributed by atoms with E-state index in [2.05, 4.69) is 10.6 Å². The van der Waals surface area contributed by atoms with E-state index in [1.165, 1.54) is 0 Å². The van der Waals surface area contributed by atoms with Gasteiger partial charge in [0.25, 0.3) is 0 Å². The van der Waals surface area contributed by atoms with Crippen LogP contribution in [0.5, 0.6) is 0 Å². The van der Waals surface area contributed by atoms with Crippen LogP contribution in [0.1, 0.15) is 52.9 Å². The van der Waals surface area contributed by atoms with Gasteiger partial charge >= 0.3 is 5.97 Å². The SMILES string of the molecule is CC(C)(C)NC(=O)CCNCCCCCC(=O)O. The Bertz CT molecular complexity index is 259. The van der Waals surface area contributed by atoms with E-state index in [4.69, 9.17) is 5.11 Å². The van der Waals surface area contributed by atoms with E-state index >= 15 is 0 Å². The van der Waals surface area contributed by atoms with Crippen LogP contribution in [0.2, 0.25) is 0 Å². The lowest BCUT2D eigenvalue weighted by molar-refractivity contribution is -0.137. The van der Waals surface area contributed by atoms with Crippen molar-refractivity contribution in [3.8, 4) is 0 Å². The van der Waals surface area contributed by atoms with Crippen molar-refractivity contribution in [2.75, 3.05) is 13.1 Å². The number of hydrogen-bond acceptors (Lipinski definition) is 3. The summed E-state index contributed by atoms with van der Waals surface area (Å²) >= 11 is 0. The monoisotopic (exact) mass is 258 g/mol. The molecule has 5 nitrogen and oxygen atoms in total. The molecule has 0 aliphatic rings. The molecule has 0 fully saturated rings. The molecule has 0 aliphatic heterocycles. The lowest BCUT2D eigenvalue weighted by Crippen LogP contribution is -2.41. The Morgan fingerprint density at radius 3 is 2.22 bits per heavy atom. The third-order valence-corrected chi connectivity index (χ3v) is 2.29. The average molecular weight is 258 g/mol. The number of nitrogens with one attached hydrogen (secondary N) is 2. The highest BCUT2D eigenvalue weighted by molar-refractivity contribution is 5.76. The Kier molecular flexibility index (Phi) is 8.37. The number of carboxylic acids is 1. The Morgan fingerprint density at radius 2 is 1.67 bits per heavy atom. The predicted octanol–water partition coefficient (Wildman–Crippen LogP) is 1.53. The molecular formula is C13H26N2O3. The standard InChI is InChI=1S/C13H26N2O3/c1-13(2,3)15-11(16)8-10-14-9-6-4-5-7-12(17)18/h14H,4-10H2,1-3H3,(H,15,16)(H,17,18). The number of carbonyl (C=O) groups excluding carboxylic acids is 1. The third-order valence-electron chi connectivity index (χ3n) is 2.29. The van der Waals surface area contributed by atoms with Crippen LogP contribution in [-0.4, -0.2) is 35.6 Å². The number of carboxylic acid groups (broad SMARTS) is 1. The second-order valence-electron chi connectivity index (χ2n) is 5.50. The Hall–Kier alpha value is -1.10. The maximum Gasteiger partial charge on any atom is 0.303 e. The van der Waals surface area contributed by atoms with E-state index in [0.717, 1.165) is 25.8 Å². The molecule has 0 aromatic carbocycles. The van der Waals surface area contributed by atoms with E-state index in [1.807, 2.05) is 20.8 Å². The highest BCUT2D eigenvalue weighted by Gasteiger charge is 2.12. The van der Waals surface area contributed by atoms with E-state index in [1.54, 1.807) is 0 Å². The van der Waals surface area contributed by atoms with Gasteiger partial charge in [-0.2, -0.15) is 0 Å². The zero-order chi connectivity index (χ0) is 14.0. The molecule has 0 aromatic rings. The van der Waals surface area contributed by atoms with Crippen molar-refractivity contribution in [1.82, 2.24) is 10.6 Å². The minimum atomic E-state index is -0.734. The average Bonchev–Trinajstić information content (AvgIpc) is 2.18. The highest BCUT2D eigenvalue weighted by atomic mass is 16.4. The molecule has 0 aliphatic carbocycles. The minimum Gasteiger partial charge on any atom is -0.481 e. The summed E-state index contributed by atoms with van der Waals surface area (Å²) in [6, 6.07) is 0. The van der Waals surface area contributed by atoms with Gasteiger partial charge in [-0.25, -0.2) is 0 Å². The summed E-state index contributed by atoms with van der Waals surface area (Å²) in [5.41, 5.74) is -0.173. The first-order chi connectivity index (χ1) is 8.31. The molecule has 0 unspecified atom stereocenters. The van der Waals surface area contributed by atoms with Crippen molar-refractivity contribution >= 4 is 11.9 Å². The third kappa shape index (κ3) is 13.0. The molecule has 1 amide bonds. The van der Waals surface area contributed by atoms with Crippen molar-refractivity contribution < 1.29 is 14.7 Å². The van der Waals surface area contributed by atoms with Crippen molar-refractivity contribution in [2.45, 2.75) is 58.4 Å². The molecule has 0 radical (unpaired) electrons.